The quantitative estimate of drug-likeness (QED) is 0.208. The molecule has 1 aliphatic heterocycles. The summed E-state index contributed by atoms with van der Waals surface area (Å²) in [7, 11) is 4.69. The lowest BCUT2D eigenvalue weighted by Crippen LogP contribution is -3.28. The zero-order valence-electron chi connectivity index (χ0n) is 22.5. The predicted octanol–water partition coefficient (Wildman–Crippen LogP) is -4.31. The number of rotatable bonds is 11. The lowest BCUT2D eigenvalue weighted by Gasteiger charge is -2.35. The molecule has 0 aromatic heterocycles. The molecular formula is C29H37Cl3N2O5. The fourth-order valence-corrected chi connectivity index (χ4v) is 5.23. The summed E-state index contributed by atoms with van der Waals surface area (Å²) in [6.07, 6.45) is -0.586. The Morgan fingerprint density at radius 1 is 0.795 bits per heavy atom. The number of methoxy groups -OCH3 is 3. The first-order valence-electron chi connectivity index (χ1n) is 12.6. The summed E-state index contributed by atoms with van der Waals surface area (Å²) in [4.78, 5) is 2.91. The van der Waals surface area contributed by atoms with Crippen LogP contribution in [0.15, 0.2) is 66.7 Å². The van der Waals surface area contributed by atoms with Crippen LogP contribution in [0.3, 0.4) is 0 Å². The summed E-state index contributed by atoms with van der Waals surface area (Å²) in [6.45, 7) is 4.81. The topological polar surface area (TPSA) is 66.0 Å². The summed E-state index contributed by atoms with van der Waals surface area (Å²) in [5.41, 5.74) is 2.58. The lowest BCUT2D eigenvalue weighted by atomic mass is 9.96. The molecular weight excluding hydrogens is 563 g/mol. The van der Waals surface area contributed by atoms with Crippen LogP contribution < -0.4 is 53.6 Å². The van der Waals surface area contributed by atoms with Crippen molar-refractivity contribution in [2.24, 2.45) is 0 Å². The SMILES string of the molecule is COc1cc(OCC(O)C[NH+]2CC[NH+](C(c3ccccc3)c3ccc(Cl)cc3)CC2)cc(OC)c1OC.[Cl-].[Cl-]. The molecule has 2 atom stereocenters. The van der Waals surface area contributed by atoms with Gasteiger partial charge in [-0.1, -0.05) is 54.1 Å². The van der Waals surface area contributed by atoms with Crippen LogP contribution in [0.4, 0.5) is 0 Å². The van der Waals surface area contributed by atoms with Crippen LogP contribution in [-0.4, -0.2) is 71.9 Å². The van der Waals surface area contributed by atoms with E-state index >= 15 is 0 Å². The van der Waals surface area contributed by atoms with E-state index in [1.807, 2.05) is 12.1 Å². The standard InChI is InChI=1S/C29H35ClN2O5.2ClH/c1-34-26-17-25(18-27(35-2)29(26)36-3)37-20-24(33)19-31-13-15-32(16-14-31)28(21-7-5-4-6-8-21)22-9-11-23(30)12-10-22;;/h4-12,17-18,24,28,33H,13-16,19-20H2,1-3H3;2*1H. The van der Waals surface area contributed by atoms with Crippen molar-refractivity contribution in [3.63, 3.8) is 0 Å². The summed E-state index contributed by atoms with van der Waals surface area (Å²) in [5.74, 6) is 2.11. The maximum atomic E-state index is 10.7. The summed E-state index contributed by atoms with van der Waals surface area (Å²) in [5, 5.41) is 11.5. The van der Waals surface area contributed by atoms with Crippen molar-refractivity contribution in [2.75, 3.05) is 60.7 Å². The largest absolute Gasteiger partial charge is 1.00 e. The van der Waals surface area contributed by atoms with Crippen LogP contribution in [0.1, 0.15) is 17.2 Å². The van der Waals surface area contributed by atoms with Crippen LogP contribution in [0.25, 0.3) is 0 Å². The molecule has 1 aliphatic rings. The minimum atomic E-state index is -0.586. The van der Waals surface area contributed by atoms with Crippen molar-refractivity contribution in [3.8, 4) is 23.0 Å². The van der Waals surface area contributed by atoms with Gasteiger partial charge in [0.25, 0.3) is 0 Å². The number of aliphatic hydroxyl groups is 1. The Bertz CT molecular complexity index is 1100. The van der Waals surface area contributed by atoms with Crippen LogP contribution in [0.2, 0.25) is 5.02 Å². The van der Waals surface area contributed by atoms with Gasteiger partial charge in [0.2, 0.25) is 5.75 Å². The van der Waals surface area contributed by atoms with Crippen molar-refractivity contribution in [2.45, 2.75) is 12.1 Å². The van der Waals surface area contributed by atoms with Gasteiger partial charge in [-0.05, 0) is 12.1 Å². The molecule has 0 amide bonds. The van der Waals surface area contributed by atoms with Gasteiger partial charge in [-0.15, -0.1) is 0 Å². The molecule has 2 unspecified atom stereocenters. The first-order chi connectivity index (χ1) is 18.0. The van der Waals surface area contributed by atoms with E-state index in [0.717, 1.165) is 31.2 Å². The third-order valence-corrected chi connectivity index (χ3v) is 7.20. The zero-order valence-corrected chi connectivity index (χ0v) is 24.7. The Morgan fingerprint density at radius 2 is 1.36 bits per heavy atom. The van der Waals surface area contributed by atoms with Gasteiger partial charge >= 0.3 is 0 Å². The number of ether oxygens (including phenoxy) is 4. The molecule has 0 radical (unpaired) electrons. The maximum Gasteiger partial charge on any atom is 0.203 e. The zero-order chi connectivity index (χ0) is 26.2. The minimum absolute atomic E-state index is 0. The molecule has 0 bridgehead atoms. The van der Waals surface area contributed by atoms with E-state index in [1.54, 1.807) is 33.5 Å². The average molecular weight is 600 g/mol. The number of benzene rings is 3. The lowest BCUT2D eigenvalue weighted by molar-refractivity contribution is -1.02. The van der Waals surface area contributed by atoms with Crippen molar-refractivity contribution in [1.82, 2.24) is 0 Å². The van der Waals surface area contributed by atoms with E-state index in [-0.39, 0.29) is 37.5 Å². The van der Waals surface area contributed by atoms with Gasteiger partial charge in [0.15, 0.2) is 11.5 Å². The normalized spacial score (nSPS) is 18.1. The molecule has 39 heavy (non-hydrogen) atoms. The number of nitrogens with one attached hydrogen (secondary N) is 2. The van der Waals surface area contributed by atoms with E-state index in [4.69, 9.17) is 30.5 Å². The molecule has 10 heteroatoms. The Morgan fingerprint density at radius 3 is 1.90 bits per heavy atom. The van der Waals surface area contributed by atoms with E-state index in [2.05, 4.69) is 42.5 Å². The summed E-state index contributed by atoms with van der Waals surface area (Å²) < 4.78 is 22.0. The first kappa shape index (κ1) is 32.8. The fraction of sp³-hybridized carbons (Fsp3) is 0.379. The molecule has 0 aliphatic carbocycles. The molecule has 1 saturated heterocycles. The number of hydrogen-bond donors (Lipinski definition) is 3. The van der Waals surface area contributed by atoms with Gasteiger partial charge in [0.1, 0.15) is 57.2 Å². The molecule has 214 valence electrons. The Kier molecular flexibility index (Phi) is 13.5. The van der Waals surface area contributed by atoms with Crippen molar-refractivity contribution >= 4 is 11.6 Å². The van der Waals surface area contributed by atoms with Gasteiger partial charge in [-0.2, -0.15) is 0 Å². The van der Waals surface area contributed by atoms with Gasteiger partial charge in [-0.25, -0.2) is 0 Å². The fourth-order valence-electron chi connectivity index (χ4n) is 5.11. The van der Waals surface area contributed by atoms with E-state index in [0.29, 0.717) is 29.5 Å². The van der Waals surface area contributed by atoms with Crippen LogP contribution in [0.5, 0.6) is 23.0 Å². The summed E-state index contributed by atoms with van der Waals surface area (Å²) in [6, 6.07) is 22.6. The van der Waals surface area contributed by atoms with Crippen molar-refractivity contribution < 1.29 is 58.7 Å². The molecule has 1 heterocycles. The Hall–Kier alpha value is -2.39. The minimum Gasteiger partial charge on any atom is -1.00 e. The molecule has 0 spiro atoms. The molecule has 4 rings (SSSR count). The second-order valence-corrected chi connectivity index (χ2v) is 9.77. The second kappa shape index (κ2) is 16.0. The van der Waals surface area contributed by atoms with Crippen molar-refractivity contribution in [1.29, 1.82) is 0 Å². The van der Waals surface area contributed by atoms with Gasteiger partial charge in [0, 0.05) is 28.3 Å². The second-order valence-electron chi connectivity index (χ2n) is 9.33. The van der Waals surface area contributed by atoms with Crippen LogP contribution in [0, 0.1) is 0 Å². The Balaban J connectivity index is 0.00000267. The number of halogens is 3. The molecule has 1 fully saturated rings. The highest BCUT2D eigenvalue weighted by Gasteiger charge is 2.32. The molecule has 3 aromatic rings. The average Bonchev–Trinajstić information content (AvgIpc) is 2.94. The van der Waals surface area contributed by atoms with Crippen molar-refractivity contribution in [3.05, 3.63) is 82.9 Å². The highest BCUT2D eigenvalue weighted by molar-refractivity contribution is 6.30. The van der Waals surface area contributed by atoms with E-state index in [1.165, 1.54) is 20.9 Å². The van der Waals surface area contributed by atoms with Gasteiger partial charge in [0.05, 0.1) is 21.3 Å². The van der Waals surface area contributed by atoms with Gasteiger partial charge in [-0.3, -0.25) is 0 Å². The number of hydrogen-bond acceptors (Lipinski definition) is 5. The first-order valence-corrected chi connectivity index (χ1v) is 13.0. The predicted molar refractivity (Wildman–Crippen MR) is 144 cm³/mol. The molecule has 0 saturated carbocycles. The third-order valence-electron chi connectivity index (χ3n) is 6.95. The molecule has 7 nitrogen and oxygen atoms in total. The third kappa shape index (κ3) is 8.55. The van der Waals surface area contributed by atoms with E-state index in [9.17, 15) is 5.11 Å². The number of piperazine rings is 1. The van der Waals surface area contributed by atoms with Gasteiger partial charge < -0.3 is 58.7 Å². The summed E-state index contributed by atoms with van der Waals surface area (Å²) >= 11 is 6.16. The Labute approximate surface area is 248 Å². The highest BCUT2D eigenvalue weighted by Crippen LogP contribution is 2.40. The monoisotopic (exact) mass is 598 g/mol. The maximum absolute atomic E-state index is 10.7. The highest BCUT2D eigenvalue weighted by atomic mass is 35.5. The van der Waals surface area contributed by atoms with Crippen LogP contribution >= 0.6 is 11.6 Å². The van der Waals surface area contributed by atoms with Crippen LogP contribution in [-0.2, 0) is 0 Å². The van der Waals surface area contributed by atoms with E-state index < -0.39 is 6.10 Å². The smallest absolute Gasteiger partial charge is 0.203 e. The molecule has 3 N–H and O–H groups in total. The number of quaternary nitrogens is 2. The molecule has 3 aromatic carbocycles. The number of aliphatic hydroxyl groups excluding tert-OH is 1.